The first kappa shape index (κ1) is 12.1. The van der Waals surface area contributed by atoms with Gasteiger partial charge in [0.15, 0.2) is 0 Å². The molecular weight excluding hydrogens is 228 g/mol. The summed E-state index contributed by atoms with van der Waals surface area (Å²) in [6.07, 6.45) is 3.11. The zero-order valence-electron chi connectivity index (χ0n) is 10.4. The summed E-state index contributed by atoms with van der Waals surface area (Å²) < 4.78 is 1.26. The number of benzene rings is 1. The molecule has 94 valence electrons. The SMILES string of the molecule is CC(C)c1ccc(C=NNc2nncn2N)cc1. The Labute approximate surface area is 106 Å². The van der Waals surface area contributed by atoms with E-state index in [-0.39, 0.29) is 0 Å². The van der Waals surface area contributed by atoms with Crippen molar-refractivity contribution in [3.8, 4) is 0 Å². The molecule has 18 heavy (non-hydrogen) atoms. The van der Waals surface area contributed by atoms with E-state index in [1.807, 2.05) is 12.1 Å². The molecule has 6 nitrogen and oxygen atoms in total. The molecule has 0 fully saturated rings. The molecule has 2 rings (SSSR count). The number of nitrogens with one attached hydrogen (secondary N) is 1. The van der Waals surface area contributed by atoms with Crippen molar-refractivity contribution in [3.05, 3.63) is 41.7 Å². The van der Waals surface area contributed by atoms with Crippen LogP contribution in [0.1, 0.15) is 30.9 Å². The lowest BCUT2D eigenvalue weighted by Crippen LogP contribution is -2.10. The summed E-state index contributed by atoms with van der Waals surface area (Å²) in [5.41, 5.74) is 5.03. The van der Waals surface area contributed by atoms with Gasteiger partial charge in [0.1, 0.15) is 6.33 Å². The van der Waals surface area contributed by atoms with Crippen molar-refractivity contribution in [2.45, 2.75) is 19.8 Å². The average Bonchev–Trinajstić information content (AvgIpc) is 2.76. The van der Waals surface area contributed by atoms with Crippen LogP contribution < -0.4 is 11.3 Å². The molecule has 0 radical (unpaired) electrons. The fourth-order valence-corrected chi connectivity index (χ4v) is 1.45. The predicted octanol–water partition coefficient (Wildman–Crippen LogP) is 1.56. The van der Waals surface area contributed by atoms with Crippen LogP contribution in [0.2, 0.25) is 0 Å². The molecule has 1 aromatic heterocycles. The topological polar surface area (TPSA) is 81.1 Å². The average molecular weight is 244 g/mol. The Hall–Kier alpha value is -2.37. The standard InChI is InChI=1S/C12H16N6/c1-9(2)11-5-3-10(4-6-11)7-14-16-12-17-15-8-18(12)13/h3-9H,13H2,1-2H3,(H,16,17). The molecule has 1 heterocycles. The smallest absolute Gasteiger partial charge is 0.263 e. The number of anilines is 1. The summed E-state index contributed by atoms with van der Waals surface area (Å²) in [7, 11) is 0. The highest BCUT2D eigenvalue weighted by Gasteiger charge is 1.98. The van der Waals surface area contributed by atoms with E-state index in [1.165, 1.54) is 16.6 Å². The molecule has 0 atom stereocenters. The summed E-state index contributed by atoms with van der Waals surface area (Å²) in [6, 6.07) is 8.23. The van der Waals surface area contributed by atoms with Crippen molar-refractivity contribution in [2.75, 3.05) is 11.3 Å². The second-order valence-electron chi connectivity index (χ2n) is 4.25. The van der Waals surface area contributed by atoms with Crippen LogP contribution in [0.4, 0.5) is 5.95 Å². The van der Waals surface area contributed by atoms with Gasteiger partial charge in [-0.2, -0.15) is 5.10 Å². The molecule has 0 spiro atoms. The van der Waals surface area contributed by atoms with Crippen molar-refractivity contribution < 1.29 is 0 Å². The number of nitrogen functional groups attached to an aromatic ring is 1. The normalized spacial score (nSPS) is 11.3. The Balaban J connectivity index is 1.99. The van der Waals surface area contributed by atoms with Crippen molar-refractivity contribution in [2.24, 2.45) is 5.10 Å². The third-order valence-electron chi connectivity index (χ3n) is 2.55. The predicted molar refractivity (Wildman–Crippen MR) is 71.9 cm³/mol. The number of hydrogen-bond acceptors (Lipinski definition) is 5. The van der Waals surface area contributed by atoms with Crippen LogP contribution in [0.25, 0.3) is 0 Å². The maximum absolute atomic E-state index is 5.53. The molecule has 0 bridgehead atoms. The third-order valence-corrected chi connectivity index (χ3v) is 2.55. The molecule has 1 aromatic carbocycles. The minimum absolute atomic E-state index is 0.394. The van der Waals surface area contributed by atoms with Crippen molar-refractivity contribution >= 4 is 12.2 Å². The molecular formula is C12H16N6. The number of hydrogen-bond donors (Lipinski definition) is 2. The second-order valence-corrected chi connectivity index (χ2v) is 4.25. The van der Waals surface area contributed by atoms with Crippen LogP contribution in [0, 0.1) is 0 Å². The highest BCUT2D eigenvalue weighted by atomic mass is 15.5. The zero-order valence-corrected chi connectivity index (χ0v) is 10.4. The lowest BCUT2D eigenvalue weighted by atomic mass is 10.0. The van der Waals surface area contributed by atoms with Gasteiger partial charge < -0.3 is 5.84 Å². The summed E-state index contributed by atoms with van der Waals surface area (Å²) in [6.45, 7) is 4.33. The molecule has 0 aliphatic carbocycles. The fourth-order valence-electron chi connectivity index (χ4n) is 1.45. The van der Waals surface area contributed by atoms with E-state index < -0.39 is 0 Å². The molecule has 0 saturated carbocycles. The highest BCUT2D eigenvalue weighted by Crippen LogP contribution is 2.13. The molecule has 0 unspecified atom stereocenters. The van der Waals surface area contributed by atoms with Crippen molar-refractivity contribution in [1.82, 2.24) is 14.9 Å². The highest BCUT2D eigenvalue weighted by molar-refractivity contribution is 5.80. The van der Waals surface area contributed by atoms with E-state index in [4.69, 9.17) is 5.84 Å². The largest absolute Gasteiger partial charge is 0.335 e. The first-order valence-electron chi connectivity index (χ1n) is 5.71. The van der Waals surface area contributed by atoms with Crippen LogP contribution in [-0.4, -0.2) is 21.1 Å². The van der Waals surface area contributed by atoms with Gasteiger partial charge in [-0.1, -0.05) is 38.1 Å². The Bertz CT molecular complexity index is 526. The van der Waals surface area contributed by atoms with Crippen LogP contribution in [0.3, 0.4) is 0 Å². The van der Waals surface area contributed by atoms with Crippen molar-refractivity contribution in [1.29, 1.82) is 0 Å². The molecule has 0 saturated heterocycles. The molecule has 0 aliphatic heterocycles. The number of nitrogens with two attached hydrogens (primary N) is 1. The van der Waals surface area contributed by atoms with Crippen LogP contribution >= 0.6 is 0 Å². The zero-order chi connectivity index (χ0) is 13.0. The molecule has 2 aromatic rings. The monoisotopic (exact) mass is 244 g/mol. The van der Waals surface area contributed by atoms with Gasteiger partial charge in [0.25, 0.3) is 5.95 Å². The van der Waals surface area contributed by atoms with Crippen LogP contribution in [0.15, 0.2) is 35.7 Å². The number of rotatable bonds is 4. The Morgan fingerprint density at radius 1 is 1.33 bits per heavy atom. The van der Waals surface area contributed by atoms with E-state index in [0.29, 0.717) is 11.9 Å². The summed E-state index contributed by atoms with van der Waals surface area (Å²) in [5, 5.41) is 11.4. The van der Waals surface area contributed by atoms with Gasteiger partial charge in [-0.05, 0) is 17.0 Å². The minimum atomic E-state index is 0.394. The van der Waals surface area contributed by atoms with E-state index in [9.17, 15) is 0 Å². The van der Waals surface area contributed by atoms with Gasteiger partial charge in [0.05, 0.1) is 6.21 Å². The molecule has 6 heteroatoms. The first-order valence-corrected chi connectivity index (χ1v) is 5.71. The lowest BCUT2D eigenvalue weighted by molar-refractivity contribution is 0.866. The lowest BCUT2D eigenvalue weighted by Gasteiger charge is -2.04. The van der Waals surface area contributed by atoms with E-state index >= 15 is 0 Å². The first-order chi connectivity index (χ1) is 8.66. The minimum Gasteiger partial charge on any atom is -0.335 e. The quantitative estimate of drug-likeness (QED) is 0.486. The van der Waals surface area contributed by atoms with Gasteiger partial charge in [0, 0.05) is 0 Å². The van der Waals surface area contributed by atoms with E-state index in [2.05, 4.69) is 46.7 Å². The van der Waals surface area contributed by atoms with Crippen LogP contribution in [0.5, 0.6) is 0 Å². The van der Waals surface area contributed by atoms with E-state index in [1.54, 1.807) is 6.21 Å². The van der Waals surface area contributed by atoms with E-state index in [0.717, 1.165) is 5.56 Å². The molecule has 3 N–H and O–H groups in total. The molecule has 0 aliphatic rings. The number of aromatic nitrogens is 3. The van der Waals surface area contributed by atoms with Gasteiger partial charge in [-0.3, -0.25) is 0 Å². The number of hydrazone groups is 1. The second kappa shape index (κ2) is 5.31. The summed E-state index contributed by atoms with van der Waals surface area (Å²) >= 11 is 0. The Kier molecular flexibility index (Phi) is 3.57. The van der Waals surface area contributed by atoms with Crippen LogP contribution in [-0.2, 0) is 0 Å². The summed E-state index contributed by atoms with van der Waals surface area (Å²) in [5.74, 6) is 6.45. The van der Waals surface area contributed by atoms with Gasteiger partial charge in [-0.25, -0.2) is 10.1 Å². The summed E-state index contributed by atoms with van der Waals surface area (Å²) in [4.78, 5) is 0. The maximum Gasteiger partial charge on any atom is 0.263 e. The van der Waals surface area contributed by atoms with Gasteiger partial charge in [0.2, 0.25) is 0 Å². The van der Waals surface area contributed by atoms with Gasteiger partial charge >= 0.3 is 0 Å². The number of nitrogens with zero attached hydrogens (tertiary/aromatic N) is 4. The third kappa shape index (κ3) is 2.85. The molecule has 0 amide bonds. The fraction of sp³-hybridized carbons (Fsp3) is 0.250. The van der Waals surface area contributed by atoms with Gasteiger partial charge in [-0.15, -0.1) is 10.2 Å². The van der Waals surface area contributed by atoms with Crippen molar-refractivity contribution in [3.63, 3.8) is 0 Å². The Morgan fingerprint density at radius 2 is 2.06 bits per heavy atom. The maximum atomic E-state index is 5.53. The Morgan fingerprint density at radius 3 is 2.61 bits per heavy atom.